The summed E-state index contributed by atoms with van der Waals surface area (Å²) in [6.07, 6.45) is 0. The first kappa shape index (κ1) is 20.0. The van der Waals surface area contributed by atoms with Crippen LogP contribution in [0.1, 0.15) is 0 Å². The molecular weight excluding hydrogens is 456 g/mol. The van der Waals surface area contributed by atoms with Crippen molar-refractivity contribution in [2.24, 2.45) is 0 Å². The Morgan fingerprint density at radius 3 is 1.97 bits per heavy atom. The SMILES string of the molecule is c1ccc2c(c1)Sc1ccc(-c3ccc(-c4cccc5c4oc4ccccc45)cc3)c3cccc-2c13. The van der Waals surface area contributed by atoms with Crippen molar-refractivity contribution in [3.05, 3.63) is 121 Å². The summed E-state index contributed by atoms with van der Waals surface area (Å²) in [6.45, 7) is 0. The van der Waals surface area contributed by atoms with Gasteiger partial charge in [-0.15, -0.1) is 0 Å². The predicted octanol–water partition coefficient (Wildman–Crippen LogP) is 10.2. The smallest absolute Gasteiger partial charge is 0.143 e. The third-order valence-electron chi connectivity index (χ3n) is 7.31. The van der Waals surface area contributed by atoms with Crippen molar-refractivity contribution in [2.75, 3.05) is 0 Å². The summed E-state index contributed by atoms with van der Waals surface area (Å²) in [4.78, 5) is 2.66. The number of benzene rings is 6. The summed E-state index contributed by atoms with van der Waals surface area (Å²) in [5, 5.41) is 4.98. The summed E-state index contributed by atoms with van der Waals surface area (Å²) >= 11 is 1.87. The van der Waals surface area contributed by atoms with Crippen LogP contribution >= 0.6 is 11.8 Å². The molecule has 0 aliphatic carbocycles. The third-order valence-corrected chi connectivity index (χ3v) is 8.45. The zero-order valence-corrected chi connectivity index (χ0v) is 20.2. The van der Waals surface area contributed by atoms with Gasteiger partial charge >= 0.3 is 0 Å². The summed E-state index contributed by atoms with van der Waals surface area (Å²) in [6, 6.07) is 43.6. The molecule has 0 amide bonds. The number of hydrogen-bond donors (Lipinski definition) is 0. The molecule has 2 heteroatoms. The maximum atomic E-state index is 6.28. The molecule has 0 radical (unpaired) electrons. The standard InChI is InChI=1S/C34H20OS/c1-3-13-30-25(7-1)29-12-5-9-24(34(29)35-30)22-17-15-21(16-18-22)23-19-20-32-33-27(23)10-6-11-28(33)26-8-2-4-14-31(26)36-32/h1-20H. The molecule has 0 saturated heterocycles. The van der Waals surface area contributed by atoms with Crippen molar-refractivity contribution in [3.8, 4) is 33.4 Å². The lowest BCUT2D eigenvalue weighted by molar-refractivity contribution is 0.670. The first-order valence-electron chi connectivity index (χ1n) is 12.2. The molecule has 0 bridgehead atoms. The van der Waals surface area contributed by atoms with Gasteiger partial charge in [-0.25, -0.2) is 0 Å². The Morgan fingerprint density at radius 2 is 1.08 bits per heavy atom. The van der Waals surface area contributed by atoms with E-state index in [1.165, 1.54) is 42.8 Å². The van der Waals surface area contributed by atoms with Crippen molar-refractivity contribution in [2.45, 2.75) is 9.79 Å². The zero-order chi connectivity index (χ0) is 23.6. The van der Waals surface area contributed by atoms with Gasteiger partial charge in [0, 0.05) is 31.5 Å². The molecule has 0 unspecified atom stereocenters. The van der Waals surface area contributed by atoms with Gasteiger partial charge in [-0.2, -0.15) is 0 Å². The number of hydrogen-bond acceptors (Lipinski definition) is 2. The first-order chi connectivity index (χ1) is 17.8. The maximum Gasteiger partial charge on any atom is 0.143 e. The molecule has 8 rings (SSSR count). The van der Waals surface area contributed by atoms with Crippen LogP contribution in [0.15, 0.2) is 136 Å². The minimum Gasteiger partial charge on any atom is -0.455 e. The molecule has 1 aromatic heterocycles. The Bertz CT molecular complexity index is 1960. The van der Waals surface area contributed by atoms with Crippen LogP contribution in [0, 0.1) is 0 Å². The fraction of sp³-hybridized carbons (Fsp3) is 0. The Labute approximate surface area is 213 Å². The van der Waals surface area contributed by atoms with E-state index in [9.17, 15) is 0 Å². The molecule has 0 spiro atoms. The summed E-state index contributed by atoms with van der Waals surface area (Å²) < 4.78 is 6.28. The highest BCUT2D eigenvalue weighted by Crippen LogP contribution is 2.49. The van der Waals surface area contributed by atoms with Crippen LogP contribution in [-0.2, 0) is 0 Å². The van der Waals surface area contributed by atoms with E-state index in [1.807, 2.05) is 23.9 Å². The van der Waals surface area contributed by atoms with Gasteiger partial charge in [0.15, 0.2) is 0 Å². The van der Waals surface area contributed by atoms with E-state index in [0.29, 0.717) is 0 Å². The maximum absolute atomic E-state index is 6.28. The molecule has 168 valence electrons. The van der Waals surface area contributed by atoms with E-state index in [-0.39, 0.29) is 0 Å². The Balaban J connectivity index is 1.27. The van der Waals surface area contributed by atoms with Crippen molar-refractivity contribution in [1.82, 2.24) is 0 Å². The van der Waals surface area contributed by atoms with Gasteiger partial charge in [0.05, 0.1) is 0 Å². The monoisotopic (exact) mass is 476 g/mol. The number of fused-ring (bicyclic) bond motifs is 5. The van der Waals surface area contributed by atoms with E-state index in [4.69, 9.17) is 4.42 Å². The van der Waals surface area contributed by atoms with E-state index in [0.717, 1.165) is 33.1 Å². The Morgan fingerprint density at radius 1 is 0.417 bits per heavy atom. The molecular formula is C34H20OS. The molecule has 0 atom stereocenters. The van der Waals surface area contributed by atoms with Gasteiger partial charge in [-0.05, 0) is 51.4 Å². The van der Waals surface area contributed by atoms with Crippen molar-refractivity contribution >= 4 is 44.5 Å². The molecule has 0 fully saturated rings. The highest BCUT2D eigenvalue weighted by atomic mass is 32.2. The van der Waals surface area contributed by atoms with Gasteiger partial charge < -0.3 is 4.42 Å². The fourth-order valence-electron chi connectivity index (χ4n) is 5.64. The molecule has 7 aromatic rings. The van der Waals surface area contributed by atoms with Crippen LogP contribution in [-0.4, -0.2) is 0 Å². The Kier molecular flexibility index (Phi) is 4.22. The molecule has 2 heterocycles. The topological polar surface area (TPSA) is 13.1 Å². The number of para-hydroxylation sites is 2. The van der Waals surface area contributed by atoms with Gasteiger partial charge in [0.2, 0.25) is 0 Å². The van der Waals surface area contributed by atoms with E-state index in [1.54, 1.807) is 0 Å². The second-order valence-corrected chi connectivity index (χ2v) is 10.4. The van der Waals surface area contributed by atoms with Crippen LogP contribution in [0.2, 0.25) is 0 Å². The normalized spacial score (nSPS) is 12.3. The molecule has 1 aliphatic rings. The molecule has 6 aromatic carbocycles. The zero-order valence-electron chi connectivity index (χ0n) is 19.4. The van der Waals surface area contributed by atoms with E-state index in [2.05, 4.69) is 109 Å². The second-order valence-electron chi connectivity index (χ2n) is 9.30. The molecule has 0 N–H and O–H groups in total. The number of furan rings is 1. The summed E-state index contributed by atoms with van der Waals surface area (Å²) in [5.74, 6) is 0. The van der Waals surface area contributed by atoms with Crippen LogP contribution in [0.25, 0.3) is 66.1 Å². The predicted molar refractivity (Wildman–Crippen MR) is 152 cm³/mol. The van der Waals surface area contributed by atoms with Gasteiger partial charge in [-0.1, -0.05) is 115 Å². The minimum atomic E-state index is 0.930. The van der Waals surface area contributed by atoms with Crippen molar-refractivity contribution in [3.63, 3.8) is 0 Å². The molecule has 1 aliphatic heterocycles. The van der Waals surface area contributed by atoms with Crippen LogP contribution < -0.4 is 0 Å². The first-order valence-corrected chi connectivity index (χ1v) is 13.0. The van der Waals surface area contributed by atoms with Gasteiger partial charge in [0.1, 0.15) is 11.2 Å². The largest absolute Gasteiger partial charge is 0.455 e. The highest BCUT2D eigenvalue weighted by molar-refractivity contribution is 7.99. The summed E-state index contributed by atoms with van der Waals surface area (Å²) in [7, 11) is 0. The molecule has 0 saturated carbocycles. The highest BCUT2D eigenvalue weighted by Gasteiger charge is 2.20. The van der Waals surface area contributed by atoms with Crippen molar-refractivity contribution in [1.29, 1.82) is 0 Å². The lowest BCUT2D eigenvalue weighted by atomic mass is 9.91. The third kappa shape index (κ3) is 2.85. The lowest BCUT2D eigenvalue weighted by Gasteiger charge is -2.21. The van der Waals surface area contributed by atoms with Crippen molar-refractivity contribution < 1.29 is 4.42 Å². The van der Waals surface area contributed by atoms with Crippen LogP contribution in [0.5, 0.6) is 0 Å². The average molecular weight is 477 g/mol. The van der Waals surface area contributed by atoms with Gasteiger partial charge in [0.25, 0.3) is 0 Å². The molecule has 1 nitrogen and oxygen atoms in total. The van der Waals surface area contributed by atoms with Gasteiger partial charge in [-0.3, -0.25) is 0 Å². The minimum absolute atomic E-state index is 0.930. The number of rotatable bonds is 2. The summed E-state index contributed by atoms with van der Waals surface area (Å²) in [5.41, 5.74) is 9.31. The van der Waals surface area contributed by atoms with E-state index >= 15 is 0 Å². The van der Waals surface area contributed by atoms with Crippen LogP contribution in [0.3, 0.4) is 0 Å². The fourth-order valence-corrected chi connectivity index (χ4v) is 6.77. The van der Waals surface area contributed by atoms with E-state index < -0.39 is 0 Å². The average Bonchev–Trinajstić information content (AvgIpc) is 3.33. The Hall–Kier alpha value is -4.27. The quantitative estimate of drug-likeness (QED) is 0.246. The lowest BCUT2D eigenvalue weighted by Crippen LogP contribution is -1.94. The molecule has 36 heavy (non-hydrogen) atoms. The second kappa shape index (κ2) is 7.61. The van der Waals surface area contributed by atoms with Crippen LogP contribution in [0.4, 0.5) is 0 Å².